The summed E-state index contributed by atoms with van der Waals surface area (Å²) in [4.78, 5) is 1.15. The molecule has 11 rings (SSSR count). The molecule has 0 unspecified atom stereocenters. The minimum absolute atomic E-state index is 0.0188. The van der Waals surface area contributed by atoms with E-state index in [4.69, 9.17) is 9.60 Å². The highest BCUT2D eigenvalue weighted by Crippen LogP contribution is 2.70. The van der Waals surface area contributed by atoms with E-state index in [0.29, 0.717) is 61.5 Å². The lowest BCUT2D eigenvalue weighted by molar-refractivity contribution is -0.0399. The van der Waals surface area contributed by atoms with E-state index in [1.807, 2.05) is 27.7 Å². The number of hydrogen-bond acceptors (Lipinski definition) is 1. The van der Waals surface area contributed by atoms with Crippen LogP contribution in [-0.4, -0.2) is 0 Å². The van der Waals surface area contributed by atoms with Gasteiger partial charge in [-0.05, 0) is 143 Å². The van der Waals surface area contributed by atoms with Crippen LogP contribution in [0.5, 0.6) is 0 Å². The monoisotopic (exact) mass is 659 g/mol. The van der Waals surface area contributed by atoms with Crippen molar-refractivity contribution in [2.45, 2.75) is 88.9 Å². The Hall–Kier alpha value is -4.10. The summed E-state index contributed by atoms with van der Waals surface area (Å²) in [6.07, 6.45) is 4.82. The number of fused-ring (bicyclic) bond motifs is 4. The van der Waals surface area contributed by atoms with Crippen LogP contribution in [0.15, 0.2) is 115 Å². The van der Waals surface area contributed by atoms with Gasteiger partial charge in [-0.1, -0.05) is 118 Å². The zero-order valence-electron chi connectivity index (χ0n) is 47.2. The first-order valence-electron chi connectivity index (χ1n) is 27.0. The molecule has 0 N–H and O–H groups in total. The Balaban J connectivity index is 1.45. The minimum Gasteiger partial charge on any atom is -0.310 e. The van der Waals surface area contributed by atoms with E-state index >= 15 is 0 Å². The van der Waals surface area contributed by atoms with Gasteiger partial charge in [-0.3, -0.25) is 0 Å². The quantitative estimate of drug-likeness (QED) is 0.186. The van der Waals surface area contributed by atoms with Gasteiger partial charge in [0.2, 0.25) is 0 Å². The smallest absolute Gasteiger partial charge is 0.0645 e. The molecule has 4 saturated carbocycles. The third-order valence-corrected chi connectivity index (χ3v) is 12.7. The number of hydrogen-bond donors (Lipinski definition) is 0. The molecule has 4 fully saturated rings. The Bertz CT molecular complexity index is 3070. The van der Waals surface area contributed by atoms with Crippen LogP contribution < -0.4 is 4.90 Å². The molecule has 246 valence electrons. The largest absolute Gasteiger partial charge is 0.310 e. The lowest BCUT2D eigenvalue weighted by Crippen LogP contribution is -2.55. The molecule has 0 atom stereocenters. The van der Waals surface area contributed by atoms with E-state index < -0.39 is 130 Å². The molecule has 6 aliphatic carbocycles. The molecule has 49 heavy (non-hydrogen) atoms. The molecule has 0 saturated heterocycles. The number of rotatable bonds is 4. The second kappa shape index (κ2) is 10.5. The predicted molar refractivity (Wildman–Crippen MR) is 205 cm³/mol. The lowest BCUT2D eigenvalue weighted by Gasteiger charge is -2.61. The van der Waals surface area contributed by atoms with Gasteiger partial charge < -0.3 is 4.90 Å². The van der Waals surface area contributed by atoms with Crippen molar-refractivity contribution in [2.24, 2.45) is 23.7 Å². The fourth-order valence-electron chi connectivity index (χ4n) is 10.7. The van der Waals surface area contributed by atoms with Crippen molar-refractivity contribution in [1.29, 1.82) is 0 Å². The van der Waals surface area contributed by atoms with Crippen LogP contribution in [0.2, 0.25) is 0 Å². The topological polar surface area (TPSA) is 3.24 Å². The Morgan fingerprint density at radius 3 is 1.82 bits per heavy atom. The van der Waals surface area contributed by atoms with Crippen molar-refractivity contribution in [2.75, 3.05) is 4.90 Å². The molecule has 1 heteroatoms. The molecular formula is C48H49N. The van der Waals surface area contributed by atoms with E-state index in [0.717, 1.165) is 11.3 Å². The van der Waals surface area contributed by atoms with Gasteiger partial charge in [-0.2, -0.15) is 0 Å². The fraction of sp³-hybridized carbons (Fsp3) is 0.375. The van der Waals surface area contributed by atoms with E-state index in [-0.39, 0.29) is 63.6 Å². The minimum atomic E-state index is -1.23. The lowest BCUT2D eigenvalue weighted by atomic mass is 9.43. The van der Waals surface area contributed by atoms with Gasteiger partial charge in [0.05, 0.1) is 37.4 Å². The molecule has 0 radical (unpaired) electrons. The number of nitrogens with zero attached hydrogens (tertiary/aromatic N) is 1. The van der Waals surface area contributed by atoms with Gasteiger partial charge in [0.25, 0.3) is 0 Å². The number of benzene rings is 5. The van der Waals surface area contributed by atoms with Crippen LogP contribution in [-0.2, 0) is 16.2 Å². The van der Waals surface area contributed by atoms with Crippen molar-refractivity contribution >= 4 is 17.1 Å². The van der Waals surface area contributed by atoms with Gasteiger partial charge >= 0.3 is 0 Å². The SMILES string of the molecule is [2H]c1c([2H])c([2H])c(-c2c([2H])c([2H])c(N(c3c([2H])c([2H])c([2H])c4c3-c3c([2H])c([2H])c([2H])c([2H])c3C43C4CC5CC(C4)CC3C5)c3c([2H])c([2H])c([2H])c4c3C(C)(C)CCC4(C)C)c([2H])c2[2H])c([2H])c1[2H]. The zero-order chi connectivity index (χ0) is 49.7. The van der Waals surface area contributed by atoms with E-state index in [1.54, 1.807) is 0 Å². The normalized spacial score (nSPS) is 33.3. The summed E-state index contributed by atoms with van der Waals surface area (Å²) in [6, 6.07) is -12.1. The van der Waals surface area contributed by atoms with Gasteiger partial charge in [0.15, 0.2) is 0 Å². The van der Waals surface area contributed by atoms with Crippen LogP contribution in [0.3, 0.4) is 0 Å². The summed E-state index contributed by atoms with van der Waals surface area (Å²) in [7, 11) is 0. The molecule has 0 aromatic heterocycles. The third-order valence-electron chi connectivity index (χ3n) is 12.7. The van der Waals surface area contributed by atoms with Crippen LogP contribution in [0, 0.1) is 23.7 Å². The fourth-order valence-corrected chi connectivity index (χ4v) is 10.7. The first kappa shape index (κ1) is 16.3. The van der Waals surface area contributed by atoms with Crippen molar-refractivity contribution in [3.8, 4) is 22.3 Å². The summed E-state index contributed by atoms with van der Waals surface area (Å²) in [5.74, 6) is 0.230. The zero-order valence-corrected chi connectivity index (χ0v) is 28.2. The maximum atomic E-state index is 10.0. The van der Waals surface area contributed by atoms with Crippen LogP contribution in [0.4, 0.5) is 17.1 Å². The molecule has 1 nitrogen and oxygen atoms in total. The van der Waals surface area contributed by atoms with Crippen LogP contribution in [0.25, 0.3) is 22.3 Å². The van der Waals surface area contributed by atoms with E-state index in [2.05, 4.69) is 0 Å². The Labute approximate surface area is 320 Å². The van der Waals surface area contributed by atoms with Crippen molar-refractivity contribution < 1.29 is 26.0 Å². The first-order chi connectivity index (χ1) is 31.7. The van der Waals surface area contributed by atoms with Gasteiger partial charge in [0, 0.05) is 16.7 Å². The van der Waals surface area contributed by atoms with Gasteiger partial charge in [-0.15, -0.1) is 0 Å². The standard InChI is InChI=1S/C48H49N/c1-46(2)24-25-47(3,4)45-41(46)17-11-19-43(45)49(37-22-20-34(21-23-37)33-12-6-5-7-13-33)42-18-10-16-40-44(42)38-14-8-9-15-39(38)48(40)35-27-31-26-32(29-35)30-36(48)28-31/h5-23,31-32,35-36H,24-30H2,1-4H3/i5D,6D,7D,8D,9D,10D,11D,12D,13D,14D,15D,16D,17D,18D,19D,20D,21D,22D,23D. The molecule has 5 aromatic rings. The molecule has 0 aliphatic heterocycles. The Morgan fingerprint density at radius 1 is 0.531 bits per heavy atom. The molecular weight excluding hydrogens is 591 g/mol. The van der Waals surface area contributed by atoms with Gasteiger partial charge in [0.1, 0.15) is 0 Å². The van der Waals surface area contributed by atoms with Crippen LogP contribution in [0.1, 0.15) is 121 Å². The molecule has 6 aliphatic rings. The maximum Gasteiger partial charge on any atom is 0.0645 e. The van der Waals surface area contributed by atoms with Crippen molar-refractivity contribution in [3.63, 3.8) is 0 Å². The summed E-state index contributed by atoms with van der Waals surface area (Å²) in [5, 5.41) is 0. The second-order valence-electron chi connectivity index (χ2n) is 16.2. The molecule has 0 heterocycles. The molecule has 4 bridgehead atoms. The third kappa shape index (κ3) is 4.17. The maximum absolute atomic E-state index is 10.0. The average Bonchev–Trinajstić information content (AvgIpc) is 3.60. The predicted octanol–water partition coefficient (Wildman–Crippen LogP) is 12.9. The summed E-state index contributed by atoms with van der Waals surface area (Å²) < 4.78 is 177. The average molecular weight is 659 g/mol. The highest BCUT2D eigenvalue weighted by atomic mass is 15.1. The van der Waals surface area contributed by atoms with Crippen LogP contribution >= 0.6 is 0 Å². The Morgan fingerprint density at radius 2 is 1.10 bits per heavy atom. The van der Waals surface area contributed by atoms with Crippen molar-refractivity contribution in [3.05, 3.63) is 137 Å². The molecule has 0 amide bonds. The first-order valence-corrected chi connectivity index (χ1v) is 17.5. The van der Waals surface area contributed by atoms with Gasteiger partial charge in [-0.25, -0.2) is 0 Å². The number of anilines is 3. The van der Waals surface area contributed by atoms with E-state index in [9.17, 15) is 16.4 Å². The highest BCUT2D eigenvalue weighted by molar-refractivity contribution is 5.96. The molecule has 5 aromatic carbocycles. The van der Waals surface area contributed by atoms with Crippen molar-refractivity contribution in [1.82, 2.24) is 0 Å². The highest BCUT2D eigenvalue weighted by Gasteiger charge is 2.62. The molecule has 1 spiro atoms. The summed E-state index contributed by atoms with van der Waals surface area (Å²) in [6.45, 7) is 7.56. The summed E-state index contributed by atoms with van der Waals surface area (Å²) in [5.41, 5.74) is -4.22. The summed E-state index contributed by atoms with van der Waals surface area (Å²) >= 11 is 0. The second-order valence-corrected chi connectivity index (χ2v) is 16.2. The Kier molecular flexibility index (Phi) is 3.47. The van der Waals surface area contributed by atoms with E-state index in [1.165, 1.54) is 0 Å².